The van der Waals surface area contributed by atoms with Crippen LogP contribution in [0, 0.1) is 0 Å². The average molecular weight is 250 g/mol. The lowest BCUT2D eigenvalue weighted by Crippen LogP contribution is -2.38. The van der Waals surface area contributed by atoms with Crippen LogP contribution < -0.4 is 5.32 Å². The Hall–Kier alpha value is -1.65. The van der Waals surface area contributed by atoms with Gasteiger partial charge in [0.15, 0.2) is 5.69 Å². The molecule has 100 valence electrons. The molecule has 0 spiro atoms. The van der Waals surface area contributed by atoms with Gasteiger partial charge in [0.1, 0.15) is 5.82 Å². The zero-order valence-corrected chi connectivity index (χ0v) is 11.6. The highest BCUT2D eigenvalue weighted by atomic mass is 16.2. The van der Waals surface area contributed by atoms with Crippen LogP contribution in [0.25, 0.3) is 0 Å². The Balaban J connectivity index is 2.81. The molecular formula is C13H22N4O. The van der Waals surface area contributed by atoms with E-state index in [1.165, 1.54) is 0 Å². The fourth-order valence-corrected chi connectivity index (χ4v) is 1.70. The van der Waals surface area contributed by atoms with Gasteiger partial charge in [-0.15, -0.1) is 10.2 Å². The highest BCUT2D eigenvalue weighted by Crippen LogP contribution is 2.08. The topological polar surface area (TPSA) is 58.1 Å². The van der Waals surface area contributed by atoms with Crippen molar-refractivity contribution in [1.82, 2.24) is 15.1 Å². The molecule has 1 amide bonds. The van der Waals surface area contributed by atoms with Gasteiger partial charge in [0.05, 0.1) is 0 Å². The Morgan fingerprint density at radius 1 is 1.33 bits per heavy atom. The van der Waals surface area contributed by atoms with E-state index < -0.39 is 0 Å². The van der Waals surface area contributed by atoms with Crippen molar-refractivity contribution in [2.24, 2.45) is 0 Å². The number of hydrogen-bond donors (Lipinski definition) is 1. The molecule has 0 bridgehead atoms. The molecule has 0 aliphatic heterocycles. The fraction of sp³-hybridized carbons (Fsp3) is 0.615. The smallest absolute Gasteiger partial charge is 0.274 e. The number of nitrogens with one attached hydrogen (secondary N) is 1. The zero-order chi connectivity index (χ0) is 13.5. The number of rotatable bonds is 6. The molecule has 1 aromatic rings. The van der Waals surface area contributed by atoms with Crippen molar-refractivity contribution in [1.29, 1.82) is 0 Å². The summed E-state index contributed by atoms with van der Waals surface area (Å²) in [6, 6.07) is 3.68. The van der Waals surface area contributed by atoms with Gasteiger partial charge in [-0.1, -0.05) is 6.92 Å². The third-order valence-corrected chi connectivity index (χ3v) is 2.59. The number of aromatic nitrogens is 2. The minimum Gasteiger partial charge on any atom is -0.369 e. The lowest BCUT2D eigenvalue weighted by molar-refractivity contribution is 0.0698. The molecule has 5 heteroatoms. The van der Waals surface area contributed by atoms with Gasteiger partial charge in [-0.05, 0) is 39.3 Å². The first kappa shape index (κ1) is 14.4. The lowest BCUT2D eigenvalue weighted by atomic mass is 10.2. The van der Waals surface area contributed by atoms with E-state index in [9.17, 15) is 4.79 Å². The highest BCUT2D eigenvalue weighted by Gasteiger charge is 2.19. The van der Waals surface area contributed by atoms with Gasteiger partial charge in [-0.3, -0.25) is 4.79 Å². The summed E-state index contributed by atoms with van der Waals surface area (Å²) in [7, 11) is 0. The summed E-state index contributed by atoms with van der Waals surface area (Å²) in [5.41, 5.74) is 0.402. The quantitative estimate of drug-likeness (QED) is 0.840. The van der Waals surface area contributed by atoms with Gasteiger partial charge in [0, 0.05) is 19.1 Å². The molecule has 1 aromatic heterocycles. The van der Waals surface area contributed by atoms with E-state index in [2.05, 4.69) is 22.4 Å². The average Bonchev–Trinajstić information content (AvgIpc) is 2.36. The summed E-state index contributed by atoms with van der Waals surface area (Å²) < 4.78 is 0. The largest absolute Gasteiger partial charge is 0.369 e. The third-order valence-electron chi connectivity index (χ3n) is 2.59. The predicted octanol–water partition coefficient (Wildman–Crippen LogP) is 2.17. The van der Waals surface area contributed by atoms with E-state index >= 15 is 0 Å². The van der Waals surface area contributed by atoms with Crippen LogP contribution >= 0.6 is 0 Å². The van der Waals surface area contributed by atoms with E-state index in [4.69, 9.17) is 0 Å². The van der Waals surface area contributed by atoms with Crippen LogP contribution in [-0.2, 0) is 0 Å². The van der Waals surface area contributed by atoms with Crippen LogP contribution in [0.3, 0.4) is 0 Å². The van der Waals surface area contributed by atoms with Crippen molar-refractivity contribution < 1.29 is 4.79 Å². The van der Waals surface area contributed by atoms with Crippen molar-refractivity contribution in [3.8, 4) is 0 Å². The van der Waals surface area contributed by atoms with E-state index in [-0.39, 0.29) is 11.9 Å². The maximum atomic E-state index is 12.2. The monoisotopic (exact) mass is 250 g/mol. The second kappa shape index (κ2) is 6.93. The van der Waals surface area contributed by atoms with Crippen molar-refractivity contribution in [2.75, 3.05) is 18.4 Å². The SMILES string of the molecule is CCCN(C(=O)c1ccc(NCC)nn1)C(C)C. The predicted molar refractivity (Wildman–Crippen MR) is 72.7 cm³/mol. The standard InChI is InChI=1S/C13H22N4O/c1-5-9-17(10(3)4)13(18)11-7-8-12(14-6-2)16-15-11/h7-8,10H,5-6,9H2,1-4H3,(H,14,16). The van der Waals surface area contributed by atoms with Crippen LogP contribution in [0.4, 0.5) is 5.82 Å². The number of carbonyl (C=O) groups excluding carboxylic acids is 1. The molecule has 0 aliphatic carbocycles. The molecule has 0 saturated carbocycles. The van der Waals surface area contributed by atoms with Gasteiger partial charge < -0.3 is 10.2 Å². The molecule has 1 N–H and O–H groups in total. The van der Waals surface area contributed by atoms with Crippen molar-refractivity contribution in [2.45, 2.75) is 40.2 Å². The first-order chi connectivity index (χ1) is 8.60. The minimum absolute atomic E-state index is 0.0533. The molecule has 1 heterocycles. The molecule has 0 atom stereocenters. The Morgan fingerprint density at radius 2 is 2.06 bits per heavy atom. The Bertz CT molecular complexity index is 375. The van der Waals surface area contributed by atoms with Crippen LogP contribution in [0.15, 0.2) is 12.1 Å². The molecule has 0 aromatic carbocycles. The van der Waals surface area contributed by atoms with Crippen molar-refractivity contribution in [3.05, 3.63) is 17.8 Å². The highest BCUT2D eigenvalue weighted by molar-refractivity contribution is 5.92. The molecule has 1 rings (SSSR count). The second-order valence-electron chi connectivity index (χ2n) is 4.43. The summed E-state index contributed by atoms with van der Waals surface area (Å²) in [6.45, 7) is 9.59. The van der Waals surface area contributed by atoms with Gasteiger partial charge in [-0.25, -0.2) is 0 Å². The van der Waals surface area contributed by atoms with Crippen LogP contribution in [0.1, 0.15) is 44.6 Å². The maximum Gasteiger partial charge on any atom is 0.274 e. The number of hydrogen-bond acceptors (Lipinski definition) is 4. The first-order valence-electron chi connectivity index (χ1n) is 6.48. The Morgan fingerprint density at radius 3 is 2.50 bits per heavy atom. The van der Waals surface area contributed by atoms with E-state index in [0.717, 1.165) is 19.5 Å². The molecule has 0 fully saturated rings. The number of nitrogens with zero attached hydrogens (tertiary/aromatic N) is 3. The summed E-state index contributed by atoms with van der Waals surface area (Å²) in [5, 5.41) is 11.0. The Kier molecular flexibility index (Phi) is 5.55. The van der Waals surface area contributed by atoms with Gasteiger partial charge >= 0.3 is 0 Å². The molecular weight excluding hydrogens is 228 g/mol. The minimum atomic E-state index is -0.0533. The second-order valence-corrected chi connectivity index (χ2v) is 4.43. The van der Waals surface area contributed by atoms with E-state index in [0.29, 0.717) is 11.5 Å². The molecule has 0 unspecified atom stereocenters. The van der Waals surface area contributed by atoms with Crippen LogP contribution in [-0.4, -0.2) is 40.1 Å². The number of anilines is 1. The molecule has 0 aliphatic rings. The lowest BCUT2D eigenvalue weighted by Gasteiger charge is -2.25. The molecule has 18 heavy (non-hydrogen) atoms. The van der Waals surface area contributed by atoms with E-state index in [1.54, 1.807) is 12.1 Å². The fourth-order valence-electron chi connectivity index (χ4n) is 1.70. The number of amides is 1. The first-order valence-corrected chi connectivity index (χ1v) is 6.48. The van der Waals surface area contributed by atoms with Crippen LogP contribution in [0.2, 0.25) is 0 Å². The van der Waals surface area contributed by atoms with Crippen LogP contribution in [0.5, 0.6) is 0 Å². The number of carbonyl (C=O) groups is 1. The normalized spacial score (nSPS) is 10.5. The summed E-state index contributed by atoms with van der Waals surface area (Å²) in [4.78, 5) is 14.1. The van der Waals surface area contributed by atoms with Gasteiger partial charge in [0.2, 0.25) is 0 Å². The Labute approximate surface area is 109 Å². The molecule has 5 nitrogen and oxygen atoms in total. The summed E-state index contributed by atoms with van der Waals surface area (Å²) in [6.07, 6.45) is 0.937. The zero-order valence-electron chi connectivity index (χ0n) is 11.6. The molecule has 0 saturated heterocycles. The summed E-state index contributed by atoms with van der Waals surface area (Å²) >= 11 is 0. The summed E-state index contributed by atoms with van der Waals surface area (Å²) in [5.74, 6) is 0.642. The maximum absolute atomic E-state index is 12.2. The van der Waals surface area contributed by atoms with Crippen molar-refractivity contribution >= 4 is 11.7 Å². The van der Waals surface area contributed by atoms with Gasteiger partial charge in [-0.2, -0.15) is 0 Å². The van der Waals surface area contributed by atoms with Gasteiger partial charge in [0.25, 0.3) is 5.91 Å². The van der Waals surface area contributed by atoms with E-state index in [1.807, 2.05) is 25.7 Å². The molecule has 0 radical (unpaired) electrons. The third kappa shape index (κ3) is 3.68. The van der Waals surface area contributed by atoms with Crippen molar-refractivity contribution in [3.63, 3.8) is 0 Å².